The van der Waals surface area contributed by atoms with Crippen molar-refractivity contribution in [2.75, 3.05) is 26.7 Å². The van der Waals surface area contributed by atoms with E-state index in [-0.39, 0.29) is 23.7 Å². The summed E-state index contributed by atoms with van der Waals surface area (Å²) in [6, 6.07) is 14.8. The van der Waals surface area contributed by atoms with E-state index < -0.39 is 11.0 Å². The highest BCUT2D eigenvalue weighted by Gasteiger charge is 2.61. The molecule has 2 aromatic carbocycles. The molecule has 0 spiro atoms. The Kier molecular flexibility index (Phi) is 7.48. The summed E-state index contributed by atoms with van der Waals surface area (Å²) in [4.78, 5) is 27.9. The van der Waals surface area contributed by atoms with Gasteiger partial charge in [-0.1, -0.05) is 24.3 Å². The first-order chi connectivity index (χ1) is 18.3. The number of phenolic OH excluding ortho intramolecular Hbond substituents is 1. The molecule has 2 aromatic rings. The Morgan fingerprint density at radius 1 is 1.13 bits per heavy atom. The molecule has 202 valence electrons. The molecule has 7 heteroatoms. The van der Waals surface area contributed by atoms with Gasteiger partial charge in [-0.05, 0) is 92.5 Å². The number of phenols is 1. The number of likely N-dealkylation sites (tertiary alicyclic amines) is 1. The number of carbonyl (C=O) groups is 2. The maximum atomic E-state index is 13.0. The number of carbonyl (C=O) groups excluding carboxylic acids is 2. The zero-order valence-corrected chi connectivity index (χ0v) is 22.3. The molecular formula is C31H38N2O5. The Morgan fingerprint density at radius 3 is 2.68 bits per heavy atom. The lowest BCUT2D eigenvalue weighted by molar-refractivity contribution is -0.187. The van der Waals surface area contributed by atoms with Crippen molar-refractivity contribution in [2.24, 2.45) is 5.92 Å². The van der Waals surface area contributed by atoms with Gasteiger partial charge in [-0.25, -0.2) is 0 Å². The van der Waals surface area contributed by atoms with E-state index in [4.69, 9.17) is 9.47 Å². The van der Waals surface area contributed by atoms with Crippen LogP contribution in [-0.4, -0.2) is 60.3 Å². The van der Waals surface area contributed by atoms with Crippen LogP contribution in [0.5, 0.6) is 11.5 Å². The molecule has 2 aliphatic carbocycles. The fourth-order valence-corrected chi connectivity index (χ4v) is 6.60. The first kappa shape index (κ1) is 26.3. The van der Waals surface area contributed by atoms with Gasteiger partial charge in [0.2, 0.25) is 5.91 Å². The summed E-state index contributed by atoms with van der Waals surface area (Å²) in [5, 5.41) is 13.6. The highest BCUT2D eigenvalue weighted by molar-refractivity contribution is 5.92. The Morgan fingerprint density at radius 2 is 1.95 bits per heavy atom. The summed E-state index contributed by atoms with van der Waals surface area (Å²) in [5.74, 6) is 1.23. The van der Waals surface area contributed by atoms with E-state index in [1.54, 1.807) is 25.3 Å². The molecule has 0 radical (unpaired) electrons. The van der Waals surface area contributed by atoms with Crippen LogP contribution in [0, 0.1) is 5.92 Å². The molecule has 2 N–H and O–H groups in total. The lowest BCUT2D eigenvalue weighted by Crippen LogP contribution is -2.68. The number of piperidine rings is 1. The molecule has 3 atom stereocenters. The molecular weight excluding hydrogens is 480 g/mol. The van der Waals surface area contributed by atoms with Crippen LogP contribution >= 0.6 is 0 Å². The summed E-state index contributed by atoms with van der Waals surface area (Å²) in [7, 11) is 1.62. The number of nitrogens with one attached hydrogen (secondary N) is 1. The Labute approximate surface area is 224 Å². The van der Waals surface area contributed by atoms with E-state index in [0.717, 1.165) is 42.3 Å². The van der Waals surface area contributed by atoms with Crippen molar-refractivity contribution >= 4 is 18.0 Å². The lowest BCUT2D eigenvalue weighted by atomic mass is 9.55. The van der Waals surface area contributed by atoms with Gasteiger partial charge < -0.3 is 19.9 Å². The highest BCUT2D eigenvalue weighted by Crippen LogP contribution is 2.54. The molecule has 0 aromatic heterocycles. The van der Waals surface area contributed by atoms with Gasteiger partial charge in [0.05, 0.1) is 7.11 Å². The Balaban J connectivity index is 1.40. The molecule has 0 unspecified atom stereocenters. The van der Waals surface area contributed by atoms with Crippen molar-refractivity contribution in [2.45, 2.75) is 62.5 Å². The number of nitrogens with zero attached hydrogens (tertiary/aromatic N) is 1. The van der Waals surface area contributed by atoms with Gasteiger partial charge in [-0.3, -0.25) is 14.5 Å². The zero-order chi connectivity index (χ0) is 26.8. The quantitative estimate of drug-likeness (QED) is 0.397. The van der Waals surface area contributed by atoms with Crippen molar-refractivity contribution in [3.63, 3.8) is 0 Å². The zero-order valence-electron chi connectivity index (χ0n) is 22.3. The molecule has 0 bridgehead atoms. The van der Waals surface area contributed by atoms with E-state index in [9.17, 15) is 14.7 Å². The third kappa shape index (κ3) is 5.58. The molecule has 1 amide bonds. The van der Waals surface area contributed by atoms with Gasteiger partial charge in [-0.2, -0.15) is 0 Å². The van der Waals surface area contributed by atoms with Crippen molar-refractivity contribution in [3.8, 4) is 11.5 Å². The average Bonchev–Trinajstić information content (AvgIpc) is 3.71. The summed E-state index contributed by atoms with van der Waals surface area (Å²) >= 11 is 0. The molecule has 5 rings (SSSR count). The number of methoxy groups -OCH3 is 1. The first-order valence-electron chi connectivity index (χ1n) is 13.6. The van der Waals surface area contributed by atoms with Crippen molar-refractivity contribution < 1.29 is 24.2 Å². The monoisotopic (exact) mass is 518 g/mol. The minimum Gasteiger partial charge on any atom is -0.508 e. The number of benzene rings is 2. The second kappa shape index (κ2) is 10.8. The highest BCUT2D eigenvalue weighted by atomic mass is 16.6. The van der Waals surface area contributed by atoms with E-state index in [0.29, 0.717) is 25.8 Å². The maximum Gasteiger partial charge on any atom is 0.303 e. The predicted molar refractivity (Wildman–Crippen MR) is 146 cm³/mol. The number of aromatic hydroxyl groups is 1. The van der Waals surface area contributed by atoms with E-state index in [1.165, 1.54) is 19.8 Å². The van der Waals surface area contributed by atoms with Gasteiger partial charge in [-0.15, -0.1) is 0 Å². The number of ether oxygens (including phenoxy) is 2. The summed E-state index contributed by atoms with van der Waals surface area (Å²) < 4.78 is 11.6. The molecule has 1 heterocycles. The van der Waals surface area contributed by atoms with Crippen molar-refractivity contribution in [3.05, 3.63) is 65.7 Å². The number of hydrogen-bond acceptors (Lipinski definition) is 6. The molecule has 2 saturated carbocycles. The van der Waals surface area contributed by atoms with E-state index in [1.807, 2.05) is 42.5 Å². The van der Waals surface area contributed by atoms with Crippen molar-refractivity contribution in [1.29, 1.82) is 0 Å². The molecule has 3 fully saturated rings. The van der Waals surface area contributed by atoms with E-state index >= 15 is 0 Å². The molecule has 38 heavy (non-hydrogen) atoms. The van der Waals surface area contributed by atoms with Gasteiger partial charge >= 0.3 is 5.97 Å². The molecule has 3 aliphatic rings. The molecule has 7 nitrogen and oxygen atoms in total. The number of fused-ring (bicyclic) bond motifs is 1. The van der Waals surface area contributed by atoms with Crippen LogP contribution in [0.25, 0.3) is 6.08 Å². The largest absolute Gasteiger partial charge is 0.508 e. The summed E-state index contributed by atoms with van der Waals surface area (Å²) in [6.45, 7) is 4.09. The minimum absolute atomic E-state index is 0.0847. The summed E-state index contributed by atoms with van der Waals surface area (Å²) in [6.07, 6.45) is 8.67. The number of rotatable bonds is 8. The van der Waals surface area contributed by atoms with Crippen LogP contribution in [0.4, 0.5) is 0 Å². The second-order valence-corrected chi connectivity index (χ2v) is 11.2. The van der Waals surface area contributed by atoms with Crippen LogP contribution in [-0.2, 0) is 19.7 Å². The minimum atomic E-state index is -0.711. The van der Waals surface area contributed by atoms with Gasteiger partial charge in [0, 0.05) is 37.5 Å². The lowest BCUT2D eigenvalue weighted by Gasteiger charge is -2.59. The van der Waals surface area contributed by atoms with Gasteiger partial charge in [0.1, 0.15) is 17.1 Å². The number of hydrogen-bond donors (Lipinski definition) is 2. The smallest absolute Gasteiger partial charge is 0.303 e. The van der Waals surface area contributed by atoms with Crippen molar-refractivity contribution in [1.82, 2.24) is 10.2 Å². The Hall–Kier alpha value is -3.32. The second-order valence-electron chi connectivity index (χ2n) is 11.2. The van der Waals surface area contributed by atoms with Gasteiger partial charge in [0.15, 0.2) is 0 Å². The van der Waals surface area contributed by atoms with E-state index in [2.05, 4.69) is 10.2 Å². The number of amides is 1. The predicted octanol–water partition coefficient (Wildman–Crippen LogP) is 4.44. The molecule has 1 aliphatic heterocycles. The standard InChI is InChI=1S/C31H38N2O5/c1-22(34)38-31-14-13-26(32-29(36)12-11-23-5-3-8-28(17-23)37-2)19-30(31,25-6-4-7-27(35)18-25)15-16-33(21-31)20-24-9-10-24/h3-8,11-12,17-18,24,26,35H,9-10,13-16,19-21H2,1-2H3,(H,32,36)/t26-,30-,31-/m0/s1. The maximum absolute atomic E-state index is 13.0. The summed E-state index contributed by atoms with van der Waals surface area (Å²) in [5.41, 5.74) is 0.633. The van der Waals surface area contributed by atoms with Crippen LogP contribution in [0.2, 0.25) is 0 Å². The first-order valence-corrected chi connectivity index (χ1v) is 13.6. The van der Waals surface area contributed by atoms with Crippen LogP contribution in [0.1, 0.15) is 56.6 Å². The molecule has 1 saturated heterocycles. The average molecular weight is 519 g/mol. The fourth-order valence-electron chi connectivity index (χ4n) is 6.60. The Bertz CT molecular complexity index is 1210. The van der Waals surface area contributed by atoms with Crippen LogP contribution in [0.15, 0.2) is 54.6 Å². The third-order valence-corrected chi connectivity index (χ3v) is 8.52. The van der Waals surface area contributed by atoms with Gasteiger partial charge in [0.25, 0.3) is 0 Å². The normalized spacial score (nSPS) is 27.5. The fraction of sp³-hybridized carbons (Fsp3) is 0.484. The van der Waals surface area contributed by atoms with Crippen LogP contribution < -0.4 is 10.1 Å². The number of esters is 1. The van der Waals surface area contributed by atoms with Crippen LogP contribution in [0.3, 0.4) is 0 Å². The third-order valence-electron chi connectivity index (χ3n) is 8.52. The SMILES string of the molecule is COc1cccc(C=CC(=O)N[C@H]2CC[C@]3(OC(C)=O)CN(CC4CC4)CC[C@@]3(c3cccc(O)c3)C2)c1. The topological polar surface area (TPSA) is 88.1 Å².